The summed E-state index contributed by atoms with van der Waals surface area (Å²) in [6.07, 6.45) is 2.37. The number of carbonyl (C=O) groups is 2. The molecule has 0 aromatic heterocycles. The summed E-state index contributed by atoms with van der Waals surface area (Å²) in [5.41, 5.74) is 0.899. The standard InChI is InChI=1S/C21H20FNO5/c1-26-17-7-8-18(19(24)9-4-15-2-5-16(22)6-3-15)20(14-17)28-21(25)23-10-12-27-13-11-23/h2-9,14H,10-13H2,1H3/b9-4+. The number of benzene rings is 2. The molecule has 1 aliphatic rings. The van der Waals surface area contributed by atoms with Crippen LogP contribution < -0.4 is 9.47 Å². The molecule has 28 heavy (non-hydrogen) atoms. The van der Waals surface area contributed by atoms with Crippen LogP contribution in [0.5, 0.6) is 11.5 Å². The lowest BCUT2D eigenvalue weighted by Crippen LogP contribution is -2.42. The molecule has 1 aliphatic heterocycles. The zero-order valence-corrected chi connectivity index (χ0v) is 15.4. The van der Waals surface area contributed by atoms with Crippen molar-refractivity contribution in [1.29, 1.82) is 0 Å². The third-order valence-corrected chi connectivity index (χ3v) is 4.22. The molecule has 0 unspecified atom stereocenters. The minimum absolute atomic E-state index is 0.115. The van der Waals surface area contributed by atoms with E-state index in [-0.39, 0.29) is 22.9 Å². The molecular formula is C21H20FNO5. The SMILES string of the molecule is COc1ccc(C(=O)/C=C/c2ccc(F)cc2)c(OC(=O)N2CCOCC2)c1. The topological polar surface area (TPSA) is 65.1 Å². The average Bonchev–Trinajstić information content (AvgIpc) is 2.73. The van der Waals surface area contributed by atoms with Crippen LogP contribution in [0, 0.1) is 5.82 Å². The third kappa shape index (κ3) is 4.95. The van der Waals surface area contributed by atoms with Gasteiger partial charge in [-0.2, -0.15) is 0 Å². The molecule has 0 bridgehead atoms. The van der Waals surface area contributed by atoms with Crippen LogP contribution in [-0.2, 0) is 4.74 Å². The number of ether oxygens (including phenoxy) is 3. The van der Waals surface area contributed by atoms with Gasteiger partial charge in [0.2, 0.25) is 0 Å². The maximum absolute atomic E-state index is 13.0. The lowest BCUT2D eigenvalue weighted by molar-refractivity contribution is 0.0415. The Hall–Kier alpha value is -3.19. The molecule has 3 rings (SSSR count). The molecule has 0 radical (unpaired) electrons. The minimum atomic E-state index is -0.548. The van der Waals surface area contributed by atoms with Crippen molar-refractivity contribution in [1.82, 2.24) is 4.90 Å². The molecule has 2 aromatic rings. The molecule has 6 nitrogen and oxygen atoms in total. The van der Waals surface area contributed by atoms with Crippen LogP contribution in [0.1, 0.15) is 15.9 Å². The third-order valence-electron chi connectivity index (χ3n) is 4.22. The van der Waals surface area contributed by atoms with Crippen molar-refractivity contribution in [2.45, 2.75) is 0 Å². The summed E-state index contributed by atoms with van der Waals surface area (Å²) < 4.78 is 28.8. The van der Waals surface area contributed by atoms with Crippen LogP contribution in [0.4, 0.5) is 9.18 Å². The Morgan fingerprint density at radius 2 is 1.82 bits per heavy atom. The van der Waals surface area contributed by atoms with Crippen molar-refractivity contribution in [2.24, 2.45) is 0 Å². The Morgan fingerprint density at radius 3 is 2.50 bits per heavy atom. The van der Waals surface area contributed by atoms with Gasteiger partial charge in [-0.15, -0.1) is 0 Å². The highest BCUT2D eigenvalue weighted by molar-refractivity contribution is 6.09. The number of ketones is 1. The van der Waals surface area contributed by atoms with E-state index in [0.29, 0.717) is 37.6 Å². The zero-order valence-electron chi connectivity index (χ0n) is 15.4. The molecule has 0 spiro atoms. The van der Waals surface area contributed by atoms with Crippen LogP contribution in [0.3, 0.4) is 0 Å². The van der Waals surface area contributed by atoms with E-state index in [4.69, 9.17) is 14.2 Å². The van der Waals surface area contributed by atoms with Crippen LogP contribution in [0.2, 0.25) is 0 Å². The molecule has 146 valence electrons. The molecule has 0 N–H and O–H groups in total. The number of methoxy groups -OCH3 is 1. The summed E-state index contributed by atoms with van der Waals surface area (Å²) in [6, 6.07) is 10.4. The molecule has 0 saturated carbocycles. The molecule has 1 fully saturated rings. The van der Waals surface area contributed by atoms with E-state index in [2.05, 4.69) is 0 Å². The van der Waals surface area contributed by atoms with Crippen LogP contribution in [-0.4, -0.2) is 50.2 Å². The number of nitrogens with zero attached hydrogens (tertiary/aromatic N) is 1. The Kier molecular flexibility index (Phi) is 6.39. The van der Waals surface area contributed by atoms with Crippen molar-refractivity contribution in [3.8, 4) is 11.5 Å². The van der Waals surface area contributed by atoms with Crippen molar-refractivity contribution < 1.29 is 28.2 Å². The molecule has 1 amide bonds. The van der Waals surface area contributed by atoms with E-state index < -0.39 is 6.09 Å². The van der Waals surface area contributed by atoms with E-state index in [9.17, 15) is 14.0 Å². The van der Waals surface area contributed by atoms with E-state index in [1.165, 1.54) is 42.4 Å². The number of halogens is 1. The van der Waals surface area contributed by atoms with Crippen LogP contribution in [0.25, 0.3) is 6.08 Å². The summed E-state index contributed by atoms with van der Waals surface area (Å²) in [7, 11) is 1.48. The van der Waals surface area contributed by atoms with Crippen molar-refractivity contribution >= 4 is 18.0 Å². The molecule has 7 heteroatoms. The fourth-order valence-electron chi connectivity index (χ4n) is 2.66. The largest absolute Gasteiger partial charge is 0.497 e. The Bertz CT molecular complexity index is 873. The molecule has 1 saturated heterocycles. The Morgan fingerprint density at radius 1 is 1.11 bits per heavy atom. The Labute approximate surface area is 162 Å². The van der Waals surface area contributed by atoms with E-state index >= 15 is 0 Å². The summed E-state index contributed by atoms with van der Waals surface area (Å²) in [6.45, 7) is 1.74. The summed E-state index contributed by atoms with van der Waals surface area (Å²) in [5, 5.41) is 0. The first-order valence-corrected chi connectivity index (χ1v) is 8.77. The zero-order chi connectivity index (χ0) is 19.9. The highest BCUT2D eigenvalue weighted by Crippen LogP contribution is 2.26. The predicted molar refractivity (Wildman–Crippen MR) is 101 cm³/mol. The van der Waals surface area contributed by atoms with Gasteiger partial charge in [0.1, 0.15) is 17.3 Å². The van der Waals surface area contributed by atoms with E-state index in [1.54, 1.807) is 24.3 Å². The lowest BCUT2D eigenvalue weighted by atomic mass is 10.1. The summed E-state index contributed by atoms with van der Waals surface area (Å²) in [4.78, 5) is 26.6. The van der Waals surface area contributed by atoms with Gasteiger partial charge >= 0.3 is 6.09 Å². The second-order valence-corrected chi connectivity index (χ2v) is 6.08. The minimum Gasteiger partial charge on any atom is -0.497 e. The molecular weight excluding hydrogens is 365 g/mol. The van der Waals surface area contributed by atoms with E-state index in [1.807, 2.05) is 0 Å². The van der Waals surface area contributed by atoms with Crippen molar-refractivity contribution in [3.63, 3.8) is 0 Å². The first-order valence-electron chi connectivity index (χ1n) is 8.77. The predicted octanol–water partition coefficient (Wildman–Crippen LogP) is 3.56. The number of allylic oxidation sites excluding steroid dienone is 1. The van der Waals surface area contributed by atoms with Crippen molar-refractivity contribution in [2.75, 3.05) is 33.4 Å². The van der Waals surface area contributed by atoms with Crippen molar-refractivity contribution in [3.05, 3.63) is 65.5 Å². The van der Waals surface area contributed by atoms with Crippen LogP contribution >= 0.6 is 0 Å². The average molecular weight is 385 g/mol. The number of morpholine rings is 1. The quantitative estimate of drug-likeness (QED) is 0.582. The molecule has 0 aliphatic carbocycles. The Balaban J connectivity index is 1.80. The van der Waals surface area contributed by atoms with Gasteiger partial charge in [0.15, 0.2) is 5.78 Å². The summed E-state index contributed by atoms with van der Waals surface area (Å²) >= 11 is 0. The van der Waals surface area contributed by atoms with E-state index in [0.717, 1.165) is 0 Å². The van der Waals surface area contributed by atoms with Crippen LogP contribution in [0.15, 0.2) is 48.5 Å². The number of rotatable bonds is 5. The fraction of sp³-hybridized carbons (Fsp3) is 0.238. The van der Waals surface area contributed by atoms with Gasteiger partial charge in [-0.3, -0.25) is 4.79 Å². The maximum atomic E-state index is 13.0. The molecule has 1 heterocycles. The molecule has 0 atom stereocenters. The van der Waals surface area contributed by atoms with Gasteiger partial charge in [0, 0.05) is 19.2 Å². The number of hydrogen-bond donors (Lipinski definition) is 0. The smallest absolute Gasteiger partial charge is 0.415 e. The summed E-state index contributed by atoms with van der Waals surface area (Å²) in [5.74, 6) is -0.124. The number of amides is 1. The monoisotopic (exact) mass is 385 g/mol. The highest BCUT2D eigenvalue weighted by atomic mass is 19.1. The van der Waals surface area contributed by atoms with Gasteiger partial charge in [-0.25, -0.2) is 9.18 Å². The first-order chi connectivity index (χ1) is 13.6. The fourth-order valence-corrected chi connectivity index (χ4v) is 2.66. The number of hydrogen-bond acceptors (Lipinski definition) is 5. The number of carbonyl (C=O) groups excluding carboxylic acids is 2. The normalized spacial score (nSPS) is 14.1. The molecule has 2 aromatic carbocycles. The van der Waals surface area contributed by atoms with Gasteiger partial charge in [0.05, 0.1) is 25.9 Å². The lowest BCUT2D eigenvalue weighted by Gasteiger charge is -2.26. The highest BCUT2D eigenvalue weighted by Gasteiger charge is 2.21. The second-order valence-electron chi connectivity index (χ2n) is 6.08. The van der Waals surface area contributed by atoms with Gasteiger partial charge in [0.25, 0.3) is 0 Å². The first kappa shape index (κ1) is 19.6. The second kappa shape index (κ2) is 9.14. The van der Waals surface area contributed by atoms with Gasteiger partial charge in [-0.1, -0.05) is 18.2 Å². The van der Waals surface area contributed by atoms with Gasteiger partial charge in [-0.05, 0) is 35.9 Å². The van der Waals surface area contributed by atoms with Gasteiger partial charge < -0.3 is 19.1 Å². The maximum Gasteiger partial charge on any atom is 0.415 e.